The molecule has 0 aliphatic carbocycles. The number of ether oxygens (including phenoxy) is 2. The summed E-state index contributed by atoms with van der Waals surface area (Å²) in [6, 6.07) is 0. The van der Waals surface area contributed by atoms with Gasteiger partial charge in [0, 0.05) is 0 Å². The number of rotatable bonds is 0. The fraction of sp³-hybridized carbons (Fsp3) is 0.750. The van der Waals surface area contributed by atoms with E-state index in [1.165, 1.54) is 0 Å². The van der Waals surface area contributed by atoms with Gasteiger partial charge in [0.2, 0.25) is 0 Å². The van der Waals surface area contributed by atoms with E-state index in [1.807, 2.05) is 0 Å². The summed E-state index contributed by atoms with van der Waals surface area (Å²) in [6.45, 7) is 0.395. The minimum absolute atomic E-state index is 0.0744. The first-order valence-corrected chi connectivity index (χ1v) is 4.76. The Balaban J connectivity index is 1.94. The summed E-state index contributed by atoms with van der Waals surface area (Å²) in [4.78, 5) is 0. The predicted octanol–water partition coefficient (Wildman–Crippen LogP) is -1.57. The monoisotopic (exact) mass is 213 g/mol. The smallest absolute Gasteiger partial charge is 0.181 e. The lowest BCUT2D eigenvalue weighted by Crippen LogP contribution is -2.53. The van der Waals surface area contributed by atoms with Crippen LogP contribution < -0.4 is 0 Å². The molecular formula is C8H11N3O4. The summed E-state index contributed by atoms with van der Waals surface area (Å²) in [6.07, 6.45) is -1.33. The second-order valence-electron chi connectivity index (χ2n) is 3.73. The van der Waals surface area contributed by atoms with Gasteiger partial charge in [0.1, 0.15) is 18.3 Å². The van der Waals surface area contributed by atoms with Crippen LogP contribution in [0.1, 0.15) is 11.9 Å². The standard InChI is InChI=1S/C8H11N3O4/c12-5-3-15-8-7(6(5)13)14-2-4-1-9-10-11(4)8/h1,5-8,12-13H,2-3H2/t5-,6-,7+,8+/m0/s1. The average Bonchev–Trinajstić information content (AvgIpc) is 2.71. The minimum atomic E-state index is -0.943. The Kier molecular flexibility index (Phi) is 1.99. The number of hydrogen-bond donors (Lipinski definition) is 2. The first-order valence-electron chi connectivity index (χ1n) is 4.76. The lowest BCUT2D eigenvalue weighted by molar-refractivity contribution is -0.246. The summed E-state index contributed by atoms with van der Waals surface area (Å²) < 4.78 is 12.4. The highest BCUT2D eigenvalue weighted by atomic mass is 16.6. The van der Waals surface area contributed by atoms with E-state index < -0.39 is 24.5 Å². The Morgan fingerprint density at radius 1 is 1.40 bits per heavy atom. The number of hydrogen-bond acceptors (Lipinski definition) is 6. The Morgan fingerprint density at radius 2 is 2.27 bits per heavy atom. The van der Waals surface area contributed by atoms with E-state index >= 15 is 0 Å². The molecule has 7 heteroatoms. The largest absolute Gasteiger partial charge is 0.388 e. The highest BCUT2D eigenvalue weighted by Gasteiger charge is 2.44. The van der Waals surface area contributed by atoms with Crippen LogP contribution in [0.5, 0.6) is 0 Å². The molecule has 1 aromatic heterocycles. The van der Waals surface area contributed by atoms with E-state index in [-0.39, 0.29) is 6.61 Å². The molecule has 15 heavy (non-hydrogen) atoms. The van der Waals surface area contributed by atoms with E-state index in [1.54, 1.807) is 10.9 Å². The normalized spacial score (nSPS) is 39.6. The molecule has 1 saturated heterocycles. The molecule has 1 aromatic rings. The van der Waals surface area contributed by atoms with Crippen molar-refractivity contribution >= 4 is 0 Å². The highest BCUT2D eigenvalue weighted by molar-refractivity contribution is 5.00. The van der Waals surface area contributed by atoms with Crippen LogP contribution in [0, 0.1) is 0 Å². The van der Waals surface area contributed by atoms with Crippen molar-refractivity contribution in [2.75, 3.05) is 6.61 Å². The van der Waals surface area contributed by atoms with Gasteiger partial charge in [-0.1, -0.05) is 5.21 Å². The molecule has 2 N–H and O–H groups in total. The first-order chi connectivity index (χ1) is 7.27. The molecule has 7 nitrogen and oxygen atoms in total. The molecule has 3 rings (SSSR count). The van der Waals surface area contributed by atoms with Crippen LogP contribution in [0.4, 0.5) is 0 Å². The van der Waals surface area contributed by atoms with E-state index in [4.69, 9.17) is 9.47 Å². The van der Waals surface area contributed by atoms with Crippen LogP contribution in [0.15, 0.2) is 6.20 Å². The highest BCUT2D eigenvalue weighted by Crippen LogP contribution is 2.31. The van der Waals surface area contributed by atoms with Crippen LogP contribution >= 0.6 is 0 Å². The molecule has 0 radical (unpaired) electrons. The number of aliphatic hydroxyl groups is 2. The van der Waals surface area contributed by atoms with Crippen molar-refractivity contribution in [3.8, 4) is 0 Å². The Labute approximate surface area is 85.2 Å². The zero-order valence-electron chi connectivity index (χ0n) is 7.85. The van der Waals surface area contributed by atoms with Gasteiger partial charge in [-0.15, -0.1) is 5.10 Å². The van der Waals surface area contributed by atoms with Gasteiger partial charge >= 0.3 is 0 Å². The van der Waals surface area contributed by atoms with Crippen molar-refractivity contribution in [1.82, 2.24) is 15.0 Å². The van der Waals surface area contributed by atoms with Crippen molar-refractivity contribution in [3.05, 3.63) is 11.9 Å². The third kappa shape index (κ3) is 1.28. The van der Waals surface area contributed by atoms with Crippen LogP contribution in [0.3, 0.4) is 0 Å². The maximum absolute atomic E-state index is 9.72. The lowest BCUT2D eigenvalue weighted by atomic mass is 10.0. The molecule has 4 atom stereocenters. The molecule has 0 spiro atoms. The maximum Gasteiger partial charge on any atom is 0.181 e. The topological polar surface area (TPSA) is 89.6 Å². The van der Waals surface area contributed by atoms with Crippen molar-refractivity contribution in [1.29, 1.82) is 0 Å². The van der Waals surface area contributed by atoms with Crippen molar-refractivity contribution in [3.63, 3.8) is 0 Å². The van der Waals surface area contributed by atoms with Crippen LogP contribution in [0.2, 0.25) is 0 Å². The SMILES string of the molecule is O[C@@H]1[C@H]2OCc3cnnn3[C@@H]2OC[C@@H]1O. The molecule has 82 valence electrons. The maximum atomic E-state index is 9.72. The molecule has 0 aromatic carbocycles. The predicted molar refractivity (Wildman–Crippen MR) is 45.6 cm³/mol. The summed E-state index contributed by atoms with van der Waals surface area (Å²) in [5.74, 6) is 0. The first kappa shape index (κ1) is 9.22. The fourth-order valence-corrected chi connectivity index (χ4v) is 1.93. The average molecular weight is 213 g/mol. The molecule has 0 bridgehead atoms. The lowest BCUT2D eigenvalue weighted by Gasteiger charge is -2.40. The van der Waals surface area contributed by atoms with Gasteiger partial charge in [-0.25, -0.2) is 4.68 Å². The quantitative estimate of drug-likeness (QED) is 0.541. The third-order valence-electron chi connectivity index (χ3n) is 2.76. The van der Waals surface area contributed by atoms with Crippen molar-refractivity contribution in [2.45, 2.75) is 31.1 Å². The van der Waals surface area contributed by atoms with E-state index in [0.717, 1.165) is 5.69 Å². The van der Waals surface area contributed by atoms with Gasteiger partial charge in [0.15, 0.2) is 6.23 Å². The molecule has 0 amide bonds. The van der Waals surface area contributed by atoms with E-state index in [2.05, 4.69) is 10.3 Å². The second kappa shape index (κ2) is 3.24. The molecule has 3 heterocycles. The number of fused-ring (bicyclic) bond motifs is 3. The van der Waals surface area contributed by atoms with Gasteiger partial charge in [-0.2, -0.15) is 0 Å². The zero-order valence-corrected chi connectivity index (χ0v) is 7.85. The van der Waals surface area contributed by atoms with Gasteiger partial charge in [-0.3, -0.25) is 0 Å². The van der Waals surface area contributed by atoms with Crippen LogP contribution in [-0.2, 0) is 16.1 Å². The van der Waals surface area contributed by atoms with Crippen molar-refractivity contribution < 1.29 is 19.7 Å². The van der Waals surface area contributed by atoms with Gasteiger partial charge in [0.05, 0.1) is 25.1 Å². The van der Waals surface area contributed by atoms with Gasteiger partial charge in [-0.05, 0) is 0 Å². The Bertz CT molecular complexity index is 369. The number of aromatic nitrogens is 3. The van der Waals surface area contributed by atoms with E-state index in [9.17, 15) is 10.2 Å². The van der Waals surface area contributed by atoms with E-state index in [0.29, 0.717) is 6.61 Å². The Hall–Kier alpha value is -1.02. The fourth-order valence-electron chi connectivity index (χ4n) is 1.93. The van der Waals surface area contributed by atoms with Gasteiger partial charge < -0.3 is 19.7 Å². The molecule has 0 unspecified atom stereocenters. The molecular weight excluding hydrogens is 202 g/mol. The zero-order chi connectivity index (χ0) is 10.4. The number of nitrogens with zero attached hydrogens (tertiary/aromatic N) is 3. The third-order valence-corrected chi connectivity index (χ3v) is 2.76. The van der Waals surface area contributed by atoms with Crippen LogP contribution in [0.25, 0.3) is 0 Å². The molecule has 1 fully saturated rings. The Morgan fingerprint density at radius 3 is 3.13 bits per heavy atom. The number of aliphatic hydroxyl groups excluding tert-OH is 2. The summed E-state index contributed by atoms with van der Waals surface area (Å²) in [7, 11) is 0. The molecule has 0 saturated carbocycles. The minimum Gasteiger partial charge on any atom is -0.388 e. The summed E-state index contributed by atoms with van der Waals surface area (Å²) in [5.41, 5.74) is 0.805. The van der Waals surface area contributed by atoms with Crippen LogP contribution in [-0.4, -0.2) is 50.1 Å². The van der Waals surface area contributed by atoms with Crippen molar-refractivity contribution in [2.24, 2.45) is 0 Å². The summed E-state index contributed by atoms with van der Waals surface area (Å²) >= 11 is 0. The van der Waals surface area contributed by atoms with Gasteiger partial charge in [0.25, 0.3) is 0 Å². The molecule has 2 aliphatic heterocycles. The molecule has 2 aliphatic rings. The summed E-state index contributed by atoms with van der Waals surface area (Å²) in [5, 5.41) is 26.8. The second-order valence-corrected chi connectivity index (χ2v) is 3.73.